The quantitative estimate of drug-likeness (QED) is 0.356. The fourth-order valence-corrected chi connectivity index (χ4v) is 4.10. The molecule has 2 N–H and O–H groups in total. The average Bonchev–Trinajstić information content (AvgIpc) is 3.23. The van der Waals surface area contributed by atoms with Crippen molar-refractivity contribution in [2.75, 3.05) is 21.3 Å². The lowest BCUT2D eigenvalue weighted by Gasteiger charge is -2.14. The first-order chi connectivity index (χ1) is 16.5. The van der Waals surface area contributed by atoms with Crippen LogP contribution in [-0.4, -0.2) is 32.2 Å². The number of H-pyrrole nitrogens is 1. The molecule has 0 aliphatic rings. The summed E-state index contributed by atoms with van der Waals surface area (Å²) in [5.74, 6) is 1.14. The van der Waals surface area contributed by atoms with E-state index < -0.39 is 0 Å². The molecule has 4 aromatic rings. The number of amides is 1. The molecule has 0 aliphatic heterocycles. The molecule has 176 valence electrons. The van der Waals surface area contributed by atoms with Crippen molar-refractivity contribution in [3.8, 4) is 28.5 Å². The van der Waals surface area contributed by atoms with Crippen LogP contribution in [-0.2, 0) is 17.8 Å². The van der Waals surface area contributed by atoms with Crippen LogP contribution in [0.3, 0.4) is 0 Å². The van der Waals surface area contributed by atoms with Crippen LogP contribution in [0, 0.1) is 5.82 Å². The Morgan fingerprint density at radius 3 is 2.29 bits per heavy atom. The molecule has 4 rings (SSSR count). The molecule has 0 aliphatic carbocycles. The molecule has 1 amide bonds. The minimum absolute atomic E-state index is 0.112. The minimum Gasteiger partial charge on any atom is -0.493 e. The third-order valence-corrected chi connectivity index (χ3v) is 5.75. The van der Waals surface area contributed by atoms with Crippen LogP contribution in [0.2, 0.25) is 0 Å². The summed E-state index contributed by atoms with van der Waals surface area (Å²) in [5, 5.41) is 3.73. The Bertz CT molecular complexity index is 1280. The number of aryl methyl sites for hydroxylation is 1. The number of carbonyl (C=O) groups is 1. The van der Waals surface area contributed by atoms with Gasteiger partial charge in [-0.25, -0.2) is 4.39 Å². The summed E-state index contributed by atoms with van der Waals surface area (Å²) in [6.45, 7) is 0.309. The normalized spacial score (nSPS) is 10.8. The molecule has 1 aromatic heterocycles. The molecule has 0 fully saturated rings. The summed E-state index contributed by atoms with van der Waals surface area (Å²) in [7, 11) is 4.64. The Morgan fingerprint density at radius 2 is 1.65 bits per heavy atom. The number of hydrogen-bond acceptors (Lipinski definition) is 4. The van der Waals surface area contributed by atoms with Gasteiger partial charge in [-0.3, -0.25) is 4.79 Å². The summed E-state index contributed by atoms with van der Waals surface area (Å²) in [4.78, 5) is 16.1. The Morgan fingerprint density at radius 1 is 0.941 bits per heavy atom. The van der Waals surface area contributed by atoms with E-state index in [0.29, 0.717) is 30.2 Å². The van der Waals surface area contributed by atoms with Gasteiger partial charge in [-0.05, 0) is 53.4 Å². The number of fused-ring (bicyclic) bond motifs is 1. The van der Waals surface area contributed by atoms with Crippen LogP contribution in [0.5, 0.6) is 17.2 Å². The van der Waals surface area contributed by atoms with Crippen molar-refractivity contribution in [2.24, 2.45) is 0 Å². The highest BCUT2D eigenvalue weighted by atomic mass is 19.1. The number of aromatic nitrogens is 1. The summed E-state index contributed by atoms with van der Waals surface area (Å²) in [5.41, 5.74) is 4.48. The van der Waals surface area contributed by atoms with E-state index in [1.807, 2.05) is 30.3 Å². The molecule has 0 unspecified atom stereocenters. The van der Waals surface area contributed by atoms with Crippen molar-refractivity contribution in [1.29, 1.82) is 0 Å². The Balaban J connectivity index is 1.50. The summed E-state index contributed by atoms with van der Waals surface area (Å²) in [6.07, 6.45) is 0.725. The van der Waals surface area contributed by atoms with E-state index in [-0.39, 0.29) is 18.1 Å². The van der Waals surface area contributed by atoms with Gasteiger partial charge in [-0.2, -0.15) is 0 Å². The summed E-state index contributed by atoms with van der Waals surface area (Å²) >= 11 is 0. The van der Waals surface area contributed by atoms with Crippen LogP contribution in [0.1, 0.15) is 17.5 Å². The number of rotatable bonds is 9. The first-order valence-corrected chi connectivity index (χ1v) is 10.9. The molecule has 0 bridgehead atoms. The predicted octanol–water partition coefficient (Wildman–Crippen LogP) is 5.25. The monoisotopic (exact) mass is 462 g/mol. The highest BCUT2D eigenvalue weighted by Crippen LogP contribution is 2.38. The maximum absolute atomic E-state index is 14.0. The molecule has 0 radical (unpaired) electrons. The van der Waals surface area contributed by atoms with Gasteiger partial charge < -0.3 is 24.5 Å². The number of benzene rings is 3. The number of aromatic amines is 1. The van der Waals surface area contributed by atoms with Gasteiger partial charge in [-0.15, -0.1) is 0 Å². The van der Waals surface area contributed by atoms with Crippen LogP contribution in [0.25, 0.3) is 22.2 Å². The van der Waals surface area contributed by atoms with E-state index in [1.54, 1.807) is 39.5 Å². The number of ether oxygens (including phenoxy) is 3. The highest BCUT2D eigenvalue weighted by molar-refractivity contribution is 5.91. The second-order valence-corrected chi connectivity index (χ2v) is 7.84. The van der Waals surface area contributed by atoms with E-state index in [2.05, 4.69) is 10.3 Å². The number of methoxy groups -OCH3 is 3. The van der Waals surface area contributed by atoms with Gasteiger partial charge in [0.1, 0.15) is 5.82 Å². The Kier molecular flexibility index (Phi) is 7.01. The molecule has 3 aromatic carbocycles. The number of carbonyl (C=O) groups excluding carboxylic acids is 1. The zero-order chi connectivity index (χ0) is 24.1. The summed E-state index contributed by atoms with van der Waals surface area (Å²) < 4.78 is 30.1. The highest BCUT2D eigenvalue weighted by Gasteiger charge is 2.16. The smallest absolute Gasteiger partial charge is 0.220 e. The fraction of sp³-hybridized carbons (Fsp3) is 0.222. The van der Waals surface area contributed by atoms with E-state index in [1.165, 1.54) is 12.1 Å². The minimum atomic E-state index is -0.306. The molecule has 6 nitrogen and oxygen atoms in total. The largest absolute Gasteiger partial charge is 0.493 e. The van der Waals surface area contributed by atoms with Gasteiger partial charge in [0.2, 0.25) is 11.7 Å². The molecule has 34 heavy (non-hydrogen) atoms. The maximum atomic E-state index is 14.0. The lowest BCUT2D eigenvalue weighted by molar-refractivity contribution is -0.121. The lowest BCUT2D eigenvalue weighted by Crippen LogP contribution is -2.23. The zero-order valence-corrected chi connectivity index (χ0v) is 19.4. The number of halogens is 1. The molecule has 0 saturated carbocycles. The van der Waals surface area contributed by atoms with Crippen LogP contribution in [0.4, 0.5) is 4.39 Å². The van der Waals surface area contributed by atoms with Crippen molar-refractivity contribution in [3.63, 3.8) is 0 Å². The molecule has 0 spiro atoms. The van der Waals surface area contributed by atoms with Crippen molar-refractivity contribution < 1.29 is 23.4 Å². The van der Waals surface area contributed by atoms with Crippen LogP contribution < -0.4 is 19.5 Å². The first-order valence-electron chi connectivity index (χ1n) is 10.9. The third kappa shape index (κ3) is 4.83. The standard InChI is InChI=1S/C27H27FN2O4/c1-32-23-13-17(14-24(33-2)27(23)34-3)16-29-25(31)12-10-20-21-15-19(28)9-11-22(21)30-26(20)18-7-5-4-6-8-18/h4-9,11,13-15,30H,10,12,16H2,1-3H3,(H,29,31). The fourth-order valence-electron chi connectivity index (χ4n) is 4.10. The van der Waals surface area contributed by atoms with E-state index in [4.69, 9.17) is 14.2 Å². The number of hydrogen-bond donors (Lipinski definition) is 2. The van der Waals surface area contributed by atoms with Gasteiger partial charge in [0, 0.05) is 29.6 Å². The van der Waals surface area contributed by atoms with Gasteiger partial charge in [0.05, 0.1) is 21.3 Å². The van der Waals surface area contributed by atoms with Crippen molar-refractivity contribution in [2.45, 2.75) is 19.4 Å². The van der Waals surface area contributed by atoms with Gasteiger partial charge in [-0.1, -0.05) is 30.3 Å². The topological polar surface area (TPSA) is 72.6 Å². The predicted molar refractivity (Wildman–Crippen MR) is 130 cm³/mol. The lowest BCUT2D eigenvalue weighted by atomic mass is 10.0. The van der Waals surface area contributed by atoms with Gasteiger partial charge >= 0.3 is 0 Å². The second-order valence-electron chi connectivity index (χ2n) is 7.84. The molecular formula is C27H27FN2O4. The molecular weight excluding hydrogens is 435 g/mol. The van der Waals surface area contributed by atoms with Crippen LogP contribution >= 0.6 is 0 Å². The second kappa shape index (κ2) is 10.3. The average molecular weight is 463 g/mol. The van der Waals surface area contributed by atoms with E-state index >= 15 is 0 Å². The van der Waals surface area contributed by atoms with Crippen molar-refractivity contribution >= 4 is 16.8 Å². The SMILES string of the molecule is COc1cc(CNC(=O)CCc2c(-c3ccccc3)[nH]c3ccc(F)cc23)cc(OC)c1OC. The first kappa shape index (κ1) is 23.2. The van der Waals surface area contributed by atoms with Gasteiger partial charge in [0.25, 0.3) is 0 Å². The van der Waals surface area contributed by atoms with Gasteiger partial charge in [0.15, 0.2) is 11.5 Å². The van der Waals surface area contributed by atoms with E-state index in [9.17, 15) is 9.18 Å². The molecule has 7 heteroatoms. The molecule has 0 saturated heterocycles. The maximum Gasteiger partial charge on any atom is 0.220 e. The third-order valence-electron chi connectivity index (χ3n) is 5.75. The zero-order valence-electron chi connectivity index (χ0n) is 19.4. The molecule has 0 atom stereocenters. The van der Waals surface area contributed by atoms with Crippen molar-refractivity contribution in [3.05, 3.63) is 77.6 Å². The Hall–Kier alpha value is -4.00. The van der Waals surface area contributed by atoms with Crippen molar-refractivity contribution in [1.82, 2.24) is 10.3 Å². The van der Waals surface area contributed by atoms with E-state index in [0.717, 1.165) is 33.3 Å². The number of nitrogens with one attached hydrogen (secondary N) is 2. The molecule has 1 heterocycles. The summed E-state index contributed by atoms with van der Waals surface area (Å²) in [6, 6.07) is 18.1. The van der Waals surface area contributed by atoms with Crippen LogP contribution in [0.15, 0.2) is 60.7 Å². The Labute approximate surface area is 197 Å².